The highest BCUT2D eigenvalue weighted by molar-refractivity contribution is 6.30. The Morgan fingerprint density at radius 2 is 2.10 bits per heavy atom. The van der Waals surface area contributed by atoms with E-state index in [4.69, 9.17) is 16.7 Å². The first-order chi connectivity index (χ1) is 10.0. The van der Waals surface area contributed by atoms with Gasteiger partial charge in [-0.25, -0.2) is 0 Å². The van der Waals surface area contributed by atoms with Crippen LogP contribution in [0.2, 0.25) is 5.02 Å². The van der Waals surface area contributed by atoms with E-state index in [1.165, 1.54) is 0 Å². The Bertz CT molecular complexity index is 480. The van der Waals surface area contributed by atoms with Crippen molar-refractivity contribution in [1.82, 2.24) is 10.6 Å². The van der Waals surface area contributed by atoms with Crippen molar-refractivity contribution < 1.29 is 14.7 Å². The van der Waals surface area contributed by atoms with Gasteiger partial charge in [-0.3, -0.25) is 9.59 Å². The Morgan fingerprint density at radius 1 is 1.33 bits per heavy atom. The highest BCUT2D eigenvalue weighted by Gasteiger charge is 2.08. The minimum absolute atomic E-state index is 0.0686. The van der Waals surface area contributed by atoms with E-state index < -0.39 is 0 Å². The Hall–Kier alpha value is -1.59. The fourth-order valence-electron chi connectivity index (χ4n) is 1.72. The topological polar surface area (TPSA) is 78.4 Å². The van der Waals surface area contributed by atoms with Crippen LogP contribution >= 0.6 is 11.6 Å². The van der Waals surface area contributed by atoms with Gasteiger partial charge in [0, 0.05) is 23.7 Å². The van der Waals surface area contributed by atoms with Crippen LogP contribution in [0.25, 0.3) is 0 Å². The van der Waals surface area contributed by atoms with E-state index in [9.17, 15) is 9.59 Å². The fourth-order valence-corrected chi connectivity index (χ4v) is 1.91. The van der Waals surface area contributed by atoms with Gasteiger partial charge in [0.05, 0.1) is 6.54 Å². The van der Waals surface area contributed by atoms with Crippen LogP contribution in [-0.4, -0.2) is 36.6 Å². The second kappa shape index (κ2) is 9.37. The van der Waals surface area contributed by atoms with Crippen molar-refractivity contribution in [2.75, 3.05) is 19.7 Å². The third-order valence-corrected chi connectivity index (χ3v) is 3.24. The van der Waals surface area contributed by atoms with E-state index in [2.05, 4.69) is 10.6 Å². The van der Waals surface area contributed by atoms with E-state index in [0.29, 0.717) is 17.1 Å². The third kappa shape index (κ3) is 7.11. The van der Waals surface area contributed by atoms with Gasteiger partial charge in [0.15, 0.2) is 0 Å². The second-order valence-corrected chi connectivity index (χ2v) is 5.41. The van der Waals surface area contributed by atoms with Crippen LogP contribution in [-0.2, 0) is 4.79 Å². The molecule has 0 aromatic heterocycles. The zero-order chi connectivity index (χ0) is 15.7. The van der Waals surface area contributed by atoms with Crippen molar-refractivity contribution in [3.63, 3.8) is 0 Å². The molecule has 2 amide bonds. The highest BCUT2D eigenvalue weighted by atomic mass is 35.5. The largest absolute Gasteiger partial charge is 0.396 e. The minimum Gasteiger partial charge on any atom is -0.396 e. The molecular formula is C15H21ClN2O3. The van der Waals surface area contributed by atoms with Crippen LogP contribution in [0.1, 0.15) is 30.1 Å². The van der Waals surface area contributed by atoms with Crippen LogP contribution in [0.5, 0.6) is 0 Å². The lowest BCUT2D eigenvalue weighted by Crippen LogP contribution is -2.37. The van der Waals surface area contributed by atoms with Crippen molar-refractivity contribution in [3.8, 4) is 0 Å². The SMILES string of the molecule is CC(CO)CCCNC(=O)CNC(=O)c1cccc(Cl)c1. The lowest BCUT2D eigenvalue weighted by Gasteiger charge is -2.09. The van der Waals surface area contributed by atoms with Gasteiger partial charge in [-0.15, -0.1) is 0 Å². The van der Waals surface area contributed by atoms with Crippen molar-refractivity contribution >= 4 is 23.4 Å². The molecule has 1 rings (SSSR count). The first-order valence-corrected chi connectivity index (χ1v) is 7.32. The molecule has 0 heterocycles. The molecule has 1 unspecified atom stereocenters. The molecule has 0 saturated heterocycles. The molecule has 1 atom stereocenters. The monoisotopic (exact) mass is 312 g/mol. The fraction of sp³-hybridized carbons (Fsp3) is 0.467. The number of amides is 2. The van der Waals surface area contributed by atoms with E-state index in [1.54, 1.807) is 24.3 Å². The predicted octanol–water partition coefficient (Wildman–Crippen LogP) is 1.59. The lowest BCUT2D eigenvalue weighted by molar-refractivity contribution is -0.120. The number of halogens is 1. The number of rotatable bonds is 8. The van der Waals surface area contributed by atoms with Gasteiger partial charge in [-0.05, 0) is 37.0 Å². The first kappa shape index (κ1) is 17.5. The number of benzene rings is 1. The molecule has 116 valence electrons. The van der Waals surface area contributed by atoms with Crippen LogP contribution in [0.3, 0.4) is 0 Å². The summed E-state index contributed by atoms with van der Waals surface area (Å²) in [5, 5.41) is 14.6. The quantitative estimate of drug-likeness (QED) is 0.638. The summed E-state index contributed by atoms with van der Waals surface area (Å²) in [4.78, 5) is 23.3. The molecule has 1 aromatic carbocycles. The average Bonchev–Trinajstić information content (AvgIpc) is 2.48. The summed E-state index contributed by atoms with van der Waals surface area (Å²) in [6.45, 7) is 2.58. The number of aliphatic hydroxyl groups excluding tert-OH is 1. The van der Waals surface area contributed by atoms with Gasteiger partial charge in [-0.1, -0.05) is 24.6 Å². The number of aliphatic hydroxyl groups is 1. The molecule has 0 aliphatic heterocycles. The van der Waals surface area contributed by atoms with Gasteiger partial charge in [-0.2, -0.15) is 0 Å². The maximum absolute atomic E-state index is 11.8. The molecule has 0 aliphatic rings. The number of hydrogen-bond acceptors (Lipinski definition) is 3. The average molecular weight is 313 g/mol. The zero-order valence-corrected chi connectivity index (χ0v) is 12.8. The summed E-state index contributed by atoms with van der Waals surface area (Å²) in [5.74, 6) is -0.326. The smallest absolute Gasteiger partial charge is 0.251 e. The maximum Gasteiger partial charge on any atom is 0.251 e. The number of carbonyl (C=O) groups is 2. The van der Waals surface area contributed by atoms with E-state index >= 15 is 0 Å². The molecule has 0 fully saturated rings. The summed E-state index contributed by atoms with van der Waals surface area (Å²) in [7, 11) is 0. The maximum atomic E-state index is 11.8. The summed E-state index contributed by atoms with van der Waals surface area (Å²) in [6.07, 6.45) is 1.65. The van der Waals surface area contributed by atoms with Crippen LogP contribution < -0.4 is 10.6 Å². The van der Waals surface area contributed by atoms with Crippen molar-refractivity contribution in [1.29, 1.82) is 0 Å². The predicted molar refractivity (Wildman–Crippen MR) is 82.3 cm³/mol. The van der Waals surface area contributed by atoms with Crippen LogP contribution in [0, 0.1) is 5.92 Å². The highest BCUT2D eigenvalue weighted by Crippen LogP contribution is 2.10. The van der Waals surface area contributed by atoms with Crippen LogP contribution in [0.15, 0.2) is 24.3 Å². The normalized spacial score (nSPS) is 11.8. The number of carbonyl (C=O) groups excluding carboxylic acids is 2. The minimum atomic E-state index is -0.332. The summed E-state index contributed by atoms with van der Waals surface area (Å²) >= 11 is 5.80. The molecule has 5 nitrogen and oxygen atoms in total. The Morgan fingerprint density at radius 3 is 2.76 bits per heavy atom. The van der Waals surface area contributed by atoms with Crippen molar-refractivity contribution in [2.45, 2.75) is 19.8 Å². The number of hydrogen-bond donors (Lipinski definition) is 3. The molecular weight excluding hydrogens is 292 g/mol. The molecule has 0 bridgehead atoms. The van der Waals surface area contributed by atoms with Gasteiger partial charge in [0.1, 0.15) is 0 Å². The summed E-state index contributed by atoms with van der Waals surface area (Å²) in [6, 6.07) is 6.54. The standard InChI is InChI=1S/C15H21ClN2O3/c1-11(10-19)4-3-7-17-14(20)9-18-15(21)12-5-2-6-13(16)8-12/h2,5-6,8,11,19H,3-4,7,9-10H2,1H3,(H,17,20)(H,18,21). The van der Waals surface area contributed by atoms with Gasteiger partial charge >= 0.3 is 0 Å². The van der Waals surface area contributed by atoms with E-state index in [0.717, 1.165) is 12.8 Å². The third-order valence-electron chi connectivity index (χ3n) is 3.00. The molecule has 0 spiro atoms. The van der Waals surface area contributed by atoms with Gasteiger partial charge < -0.3 is 15.7 Å². The Labute approximate surface area is 129 Å². The second-order valence-electron chi connectivity index (χ2n) is 4.97. The van der Waals surface area contributed by atoms with Crippen molar-refractivity contribution in [2.24, 2.45) is 5.92 Å². The molecule has 0 saturated carbocycles. The lowest BCUT2D eigenvalue weighted by atomic mass is 10.1. The number of nitrogens with one attached hydrogen (secondary N) is 2. The zero-order valence-electron chi connectivity index (χ0n) is 12.1. The van der Waals surface area contributed by atoms with Crippen LogP contribution in [0.4, 0.5) is 0 Å². The molecule has 21 heavy (non-hydrogen) atoms. The molecule has 6 heteroatoms. The van der Waals surface area contributed by atoms with E-state index in [-0.39, 0.29) is 30.9 Å². The summed E-state index contributed by atoms with van der Waals surface area (Å²) < 4.78 is 0. The first-order valence-electron chi connectivity index (χ1n) is 6.94. The molecule has 3 N–H and O–H groups in total. The summed E-state index contributed by atoms with van der Waals surface area (Å²) in [5.41, 5.74) is 0.423. The van der Waals surface area contributed by atoms with Gasteiger partial charge in [0.25, 0.3) is 5.91 Å². The Kier molecular flexibility index (Phi) is 7.79. The molecule has 0 aliphatic carbocycles. The van der Waals surface area contributed by atoms with Gasteiger partial charge in [0.2, 0.25) is 5.91 Å². The molecule has 0 radical (unpaired) electrons. The molecule has 1 aromatic rings. The van der Waals surface area contributed by atoms with Crippen molar-refractivity contribution in [3.05, 3.63) is 34.9 Å². The van der Waals surface area contributed by atoms with E-state index in [1.807, 2.05) is 6.92 Å². The Balaban J connectivity index is 2.22.